The Morgan fingerprint density at radius 2 is 1.86 bits per heavy atom. The third-order valence-electron chi connectivity index (χ3n) is 3.85. The SMILES string of the molecule is Cc1cccc(N=C2C(=O)N(CO)c3ccccc32)c1C. The number of benzene rings is 2. The molecule has 0 radical (unpaired) electrons. The summed E-state index contributed by atoms with van der Waals surface area (Å²) in [4.78, 5) is 18.3. The molecule has 2 aromatic rings. The molecule has 4 nitrogen and oxygen atoms in total. The molecule has 3 rings (SSSR count). The van der Waals surface area contributed by atoms with Crippen LogP contribution in [-0.2, 0) is 4.79 Å². The molecule has 2 aromatic carbocycles. The van der Waals surface area contributed by atoms with E-state index in [4.69, 9.17) is 0 Å². The topological polar surface area (TPSA) is 52.9 Å². The lowest BCUT2D eigenvalue weighted by Gasteiger charge is -2.11. The number of aryl methyl sites for hydroxylation is 1. The lowest BCUT2D eigenvalue weighted by atomic mass is 10.1. The molecule has 0 atom stereocenters. The summed E-state index contributed by atoms with van der Waals surface area (Å²) >= 11 is 0. The van der Waals surface area contributed by atoms with Gasteiger partial charge in [-0.15, -0.1) is 0 Å². The molecule has 4 heteroatoms. The van der Waals surface area contributed by atoms with Crippen molar-refractivity contribution in [3.8, 4) is 0 Å². The molecular formula is C17H16N2O2. The van der Waals surface area contributed by atoms with E-state index in [0.29, 0.717) is 11.4 Å². The normalized spacial score (nSPS) is 15.7. The van der Waals surface area contributed by atoms with Crippen LogP contribution in [0.15, 0.2) is 47.5 Å². The third-order valence-corrected chi connectivity index (χ3v) is 3.85. The van der Waals surface area contributed by atoms with E-state index in [0.717, 1.165) is 22.4 Å². The van der Waals surface area contributed by atoms with Crippen LogP contribution < -0.4 is 4.90 Å². The van der Waals surface area contributed by atoms with E-state index in [1.54, 1.807) is 0 Å². The van der Waals surface area contributed by atoms with Crippen LogP contribution in [0.3, 0.4) is 0 Å². The molecule has 0 fully saturated rings. The number of amides is 1. The second kappa shape index (κ2) is 5.14. The predicted octanol–water partition coefficient (Wildman–Crippen LogP) is 2.72. The number of hydrogen-bond donors (Lipinski definition) is 1. The van der Waals surface area contributed by atoms with Gasteiger partial charge in [0, 0.05) is 5.56 Å². The number of anilines is 1. The number of hydrogen-bond acceptors (Lipinski definition) is 3. The van der Waals surface area contributed by atoms with E-state index >= 15 is 0 Å². The number of rotatable bonds is 2. The van der Waals surface area contributed by atoms with Crippen molar-refractivity contribution >= 4 is 23.0 Å². The van der Waals surface area contributed by atoms with Gasteiger partial charge in [0.05, 0.1) is 11.4 Å². The number of fused-ring (bicyclic) bond motifs is 1. The molecule has 0 bridgehead atoms. The minimum Gasteiger partial charge on any atom is -0.376 e. The Balaban J connectivity index is 2.16. The standard InChI is InChI=1S/C17H16N2O2/c1-11-6-5-8-14(12(11)2)18-16-13-7-3-4-9-15(13)19(10-20)17(16)21/h3-9,20H,10H2,1-2H3. The summed E-state index contributed by atoms with van der Waals surface area (Å²) in [5.74, 6) is -0.264. The molecular weight excluding hydrogens is 264 g/mol. The highest BCUT2D eigenvalue weighted by Crippen LogP contribution is 2.31. The van der Waals surface area contributed by atoms with Crippen molar-refractivity contribution in [1.29, 1.82) is 0 Å². The molecule has 0 saturated carbocycles. The molecule has 0 saturated heterocycles. The van der Waals surface area contributed by atoms with Crippen LogP contribution in [0.1, 0.15) is 16.7 Å². The maximum absolute atomic E-state index is 12.4. The fraction of sp³-hybridized carbons (Fsp3) is 0.176. The van der Waals surface area contributed by atoms with Crippen LogP contribution in [0.2, 0.25) is 0 Å². The van der Waals surface area contributed by atoms with Gasteiger partial charge in [0.15, 0.2) is 0 Å². The van der Waals surface area contributed by atoms with Crippen LogP contribution in [0.5, 0.6) is 0 Å². The second-order valence-corrected chi connectivity index (χ2v) is 5.07. The molecule has 1 amide bonds. The summed E-state index contributed by atoms with van der Waals surface area (Å²) in [6.45, 7) is 3.66. The highest BCUT2D eigenvalue weighted by atomic mass is 16.3. The van der Waals surface area contributed by atoms with Gasteiger partial charge in [-0.05, 0) is 37.1 Å². The fourth-order valence-corrected chi connectivity index (χ4v) is 2.49. The Bertz CT molecular complexity index is 750. The number of aliphatic hydroxyl groups is 1. The molecule has 1 N–H and O–H groups in total. The molecule has 0 aliphatic carbocycles. The van der Waals surface area contributed by atoms with Gasteiger partial charge in [-0.1, -0.05) is 30.3 Å². The van der Waals surface area contributed by atoms with Crippen molar-refractivity contribution in [1.82, 2.24) is 0 Å². The predicted molar refractivity (Wildman–Crippen MR) is 83.1 cm³/mol. The Morgan fingerprint density at radius 1 is 1.10 bits per heavy atom. The lowest BCUT2D eigenvalue weighted by Crippen LogP contribution is -2.30. The summed E-state index contributed by atoms with van der Waals surface area (Å²) in [6.07, 6.45) is 0. The number of carbonyl (C=O) groups is 1. The number of carbonyl (C=O) groups excluding carboxylic acids is 1. The zero-order chi connectivity index (χ0) is 15.0. The summed E-state index contributed by atoms with van der Waals surface area (Å²) < 4.78 is 0. The van der Waals surface area contributed by atoms with Gasteiger partial charge in [-0.3, -0.25) is 9.69 Å². The van der Waals surface area contributed by atoms with Crippen molar-refractivity contribution in [3.05, 3.63) is 59.2 Å². The first kappa shape index (κ1) is 13.5. The van der Waals surface area contributed by atoms with Gasteiger partial charge in [0.1, 0.15) is 12.4 Å². The van der Waals surface area contributed by atoms with Crippen molar-refractivity contribution in [3.63, 3.8) is 0 Å². The summed E-state index contributed by atoms with van der Waals surface area (Å²) in [6, 6.07) is 13.2. The highest BCUT2D eigenvalue weighted by molar-refractivity contribution is 6.54. The number of para-hydroxylation sites is 1. The average Bonchev–Trinajstić information content (AvgIpc) is 2.76. The molecule has 0 spiro atoms. The Kier molecular flexibility index (Phi) is 3.31. The zero-order valence-corrected chi connectivity index (χ0v) is 12.0. The number of aliphatic hydroxyl groups excluding tert-OH is 1. The van der Waals surface area contributed by atoms with E-state index in [9.17, 15) is 9.90 Å². The van der Waals surface area contributed by atoms with E-state index < -0.39 is 0 Å². The quantitative estimate of drug-likeness (QED) is 0.919. The lowest BCUT2D eigenvalue weighted by molar-refractivity contribution is -0.112. The van der Waals surface area contributed by atoms with E-state index in [1.165, 1.54) is 4.90 Å². The molecule has 106 valence electrons. The largest absolute Gasteiger partial charge is 0.376 e. The molecule has 0 unspecified atom stereocenters. The molecule has 0 aromatic heterocycles. The van der Waals surface area contributed by atoms with Gasteiger partial charge < -0.3 is 5.11 Å². The van der Waals surface area contributed by atoms with Crippen LogP contribution in [0.4, 0.5) is 11.4 Å². The van der Waals surface area contributed by atoms with Crippen LogP contribution in [0, 0.1) is 13.8 Å². The minimum atomic E-state index is -0.346. The Hall–Kier alpha value is -2.46. The smallest absolute Gasteiger partial charge is 0.279 e. The van der Waals surface area contributed by atoms with Gasteiger partial charge >= 0.3 is 0 Å². The first-order valence-corrected chi connectivity index (χ1v) is 6.80. The first-order chi connectivity index (χ1) is 10.1. The van der Waals surface area contributed by atoms with Crippen LogP contribution in [0.25, 0.3) is 0 Å². The van der Waals surface area contributed by atoms with Gasteiger partial charge in [-0.25, -0.2) is 4.99 Å². The molecule has 1 aliphatic heterocycles. The fourth-order valence-electron chi connectivity index (χ4n) is 2.49. The summed E-state index contributed by atoms with van der Waals surface area (Å²) in [5, 5.41) is 9.42. The van der Waals surface area contributed by atoms with Crippen molar-refractivity contribution in [2.45, 2.75) is 13.8 Å². The maximum atomic E-state index is 12.4. The van der Waals surface area contributed by atoms with Crippen molar-refractivity contribution in [2.75, 3.05) is 11.6 Å². The van der Waals surface area contributed by atoms with E-state index in [-0.39, 0.29) is 12.6 Å². The first-order valence-electron chi connectivity index (χ1n) is 6.80. The van der Waals surface area contributed by atoms with Crippen molar-refractivity contribution < 1.29 is 9.90 Å². The van der Waals surface area contributed by atoms with Gasteiger partial charge in [0.25, 0.3) is 5.91 Å². The summed E-state index contributed by atoms with van der Waals surface area (Å²) in [7, 11) is 0. The average molecular weight is 280 g/mol. The van der Waals surface area contributed by atoms with E-state index in [1.807, 2.05) is 56.3 Å². The molecule has 1 heterocycles. The molecule has 1 aliphatic rings. The number of aliphatic imine (C=N–C) groups is 1. The maximum Gasteiger partial charge on any atom is 0.279 e. The minimum absolute atomic E-state index is 0.264. The summed E-state index contributed by atoms with van der Waals surface area (Å²) in [5.41, 5.74) is 4.82. The second-order valence-electron chi connectivity index (χ2n) is 5.07. The Morgan fingerprint density at radius 3 is 2.62 bits per heavy atom. The van der Waals surface area contributed by atoms with Crippen LogP contribution in [-0.4, -0.2) is 23.5 Å². The van der Waals surface area contributed by atoms with Crippen LogP contribution >= 0.6 is 0 Å². The number of nitrogens with zero attached hydrogens (tertiary/aromatic N) is 2. The Labute approximate surface area is 123 Å². The van der Waals surface area contributed by atoms with Gasteiger partial charge in [0.2, 0.25) is 0 Å². The van der Waals surface area contributed by atoms with Gasteiger partial charge in [-0.2, -0.15) is 0 Å². The highest BCUT2D eigenvalue weighted by Gasteiger charge is 2.33. The monoisotopic (exact) mass is 280 g/mol. The molecule has 21 heavy (non-hydrogen) atoms. The van der Waals surface area contributed by atoms with Crippen molar-refractivity contribution in [2.24, 2.45) is 4.99 Å². The zero-order valence-electron chi connectivity index (χ0n) is 12.0. The third kappa shape index (κ3) is 2.14. The van der Waals surface area contributed by atoms with E-state index in [2.05, 4.69) is 4.99 Å².